The van der Waals surface area contributed by atoms with E-state index < -0.39 is 6.04 Å². The van der Waals surface area contributed by atoms with Gasteiger partial charge >= 0.3 is 0 Å². The van der Waals surface area contributed by atoms with Gasteiger partial charge in [0.2, 0.25) is 11.8 Å². The number of carbonyl (C=O) groups is 2. The minimum absolute atomic E-state index is 0.0613. The lowest BCUT2D eigenvalue weighted by Gasteiger charge is -2.30. The molecule has 32 heavy (non-hydrogen) atoms. The molecule has 0 saturated heterocycles. The van der Waals surface area contributed by atoms with Crippen LogP contribution in [0.2, 0.25) is 0 Å². The molecule has 7 nitrogen and oxygen atoms in total. The third kappa shape index (κ3) is 5.93. The molecule has 1 unspecified atom stereocenters. The van der Waals surface area contributed by atoms with E-state index in [9.17, 15) is 9.59 Å². The number of methoxy groups -OCH3 is 1. The number of aryl methyl sites for hydroxylation is 1. The number of hydrogen-bond donors (Lipinski definition) is 1. The summed E-state index contributed by atoms with van der Waals surface area (Å²) in [5.41, 5.74) is 1.94. The lowest BCUT2D eigenvalue weighted by molar-refractivity contribution is -0.141. The molecule has 2 aromatic carbocycles. The van der Waals surface area contributed by atoms with E-state index >= 15 is 0 Å². The quantitative estimate of drug-likeness (QED) is 0.613. The largest absolute Gasteiger partial charge is 0.497 e. The standard InChI is InChI=1S/C25H32N2O5/c1-4-21(25(29)26-5-2)27(17-19-6-10-20(30-3)11-7-19)24(28)13-9-18-8-12-22-23(16-18)32-15-14-31-22/h6-8,10-12,16,21H,4-5,9,13-15,17H2,1-3H3,(H,26,29). The number of fused-ring (bicyclic) bond motifs is 1. The molecule has 0 bridgehead atoms. The maximum absolute atomic E-state index is 13.3. The number of ether oxygens (including phenoxy) is 3. The highest BCUT2D eigenvalue weighted by atomic mass is 16.6. The molecular formula is C25H32N2O5. The smallest absolute Gasteiger partial charge is 0.242 e. The molecule has 2 amide bonds. The van der Waals surface area contributed by atoms with Crippen LogP contribution >= 0.6 is 0 Å². The van der Waals surface area contributed by atoms with Crippen LogP contribution in [-0.2, 0) is 22.6 Å². The van der Waals surface area contributed by atoms with Crippen LogP contribution in [0.4, 0.5) is 0 Å². The number of carbonyl (C=O) groups excluding carboxylic acids is 2. The molecule has 172 valence electrons. The summed E-state index contributed by atoms with van der Waals surface area (Å²) in [6, 6.07) is 12.8. The molecule has 0 spiro atoms. The monoisotopic (exact) mass is 440 g/mol. The van der Waals surface area contributed by atoms with Crippen LogP contribution in [0.25, 0.3) is 0 Å². The second kappa shape index (κ2) is 11.4. The highest BCUT2D eigenvalue weighted by molar-refractivity contribution is 5.87. The molecule has 7 heteroatoms. The molecule has 0 fully saturated rings. The Morgan fingerprint density at radius 2 is 1.72 bits per heavy atom. The number of amides is 2. The molecule has 0 aliphatic carbocycles. The van der Waals surface area contributed by atoms with E-state index in [-0.39, 0.29) is 11.8 Å². The fourth-order valence-corrected chi connectivity index (χ4v) is 3.78. The van der Waals surface area contributed by atoms with Gasteiger partial charge in [-0.15, -0.1) is 0 Å². The SMILES string of the molecule is CCNC(=O)C(CC)N(Cc1ccc(OC)cc1)C(=O)CCc1ccc2c(c1)OCCO2. The average molecular weight is 441 g/mol. The molecule has 0 radical (unpaired) electrons. The molecule has 1 heterocycles. The van der Waals surface area contributed by atoms with Crippen LogP contribution in [-0.4, -0.2) is 49.6 Å². The van der Waals surface area contributed by atoms with E-state index in [0.29, 0.717) is 51.3 Å². The first-order chi connectivity index (χ1) is 15.5. The predicted octanol–water partition coefficient (Wildman–Crippen LogP) is 3.34. The maximum Gasteiger partial charge on any atom is 0.242 e. The molecule has 3 rings (SSSR count). The van der Waals surface area contributed by atoms with Gasteiger partial charge in [-0.1, -0.05) is 25.1 Å². The van der Waals surface area contributed by atoms with Gasteiger partial charge in [-0.05, 0) is 55.2 Å². The predicted molar refractivity (Wildman–Crippen MR) is 122 cm³/mol. The molecule has 1 atom stereocenters. The number of likely N-dealkylation sites (N-methyl/N-ethyl adjacent to an activating group) is 1. The Balaban J connectivity index is 1.74. The van der Waals surface area contributed by atoms with Crippen molar-refractivity contribution in [1.82, 2.24) is 10.2 Å². The van der Waals surface area contributed by atoms with Crippen molar-refractivity contribution in [2.75, 3.05) is 26.9 Å². The Labute approximate surface area is 189 Å². The van der Waals surface area contributed by atoms with Crippen LogP contribution in [0.15, 0.2) is 42.5 Å². The van der Waals surface area contributed by atoms with Crippen molar-refractivity contribution in [2.24, 2.45) is 0 Å². The number of nitrogens with zero attached hydrogens (tertiary/aromatic N) is 1. The summed E-state index contributed by atoms with van der Waals surface area (Å²) in [4.78, 5) is 27.7. The summed E-state index contributed by atoms with van der Waals surface area (Å²) in [6.45, 7) is 5.76. The first-order valence-electron chi connectivity index (χ1n) is 11.1. The maximum atomic E-state index is 13.3. The van der Waals surface area contributed by atoms with Gasteiger partial charge in [-0.2, -0.15) is 0 Å². The zero-order valence-corrected chi connectivity index (χ0v) is 19.1. The van der Waals surface area contributed by atoms with Crippen molar-refractivity contribution < 1.29 is 23.8 Å². The summed E-state index contributed by atoms with van der Waals surface area (Å²) >= 11 is 0. The lowest BCUT2D eigenvalue weighted by atomic mass is 10.1. The molecular weight excluding hydrogens is 408 g/mol. The van der Waals surface area contributed by atoms with E-state index in [4.69, 9.17) is 14.2 Å². The summed E-state index contributed by atoms with van der Waals surface area (Å²) in [5, 5.41) is 2.86. The topological polar surface area (TPSA) is 77.1 Å². The van der Waals surface area contributed by atoms with Gasteiger partial charge in [0.25, 0.3) is 0 Å². The van der Waals surface area contributed by atoms with E-state index in [2.05, 4.69) is 5.32 Å². The highest BCUT2D eigenvalue weighted by Crippen LogP contribution is 2.31. The Kier molecular flexibility index (Phi) is 8.36. The minimum Gasteiger partial charge on any atom is -0.497 e. The third-order valence-corrected chi connectivity index (χ3v) is 5.48. The van der Waals surface area contributed by atoms with E-state index in [1.807, 2.05) is 56.3 Å². The number of nitrogens with one attached hydrogen (secondary N) is 1. The molecule has 1 N–H and O–H groups in total. The molecule has 0 aromatic heterocycles. The van der Waals surface area contributed by atoms with Crippen molar-refractivity contribution in [3.8, 4) is 17.2 Å². The third-order valence-electron chi connectivity index (χ3n) is 5.48. The van der Waals surface area contributed by atoms with Crippen LogP contribution in [0.5, 0.6) is 17.2 Å². The normalized spacial score (nSPS) is 13.2. The molecule has 0 saturated carbocycles. The van der Waals surface area contributed by atoms with Gasteiger partial charge in [0, 0.05) is 19.5 Å². The minimum atomic E-state index is -0.523. The zero-order valence-electron chi connectivity index (χ0n) is 19.1. The first kappa shape index (κ1) is 23.4. The number of hydrogen-bond acceptors (Lipinski definition) is 5. The van der Waals surface area contributed by atoms with Gasteiger partial charge in [0.15, 0.2) is 11.5 Å². The molecule has 1 aliphatic rings. The fraction of sp³-hybridized carbons (Fsp3) is 0.440. The van der Waals surface area contributed by atoms with Crippen LogP contribution in [0.3, 0.4) is 0 Å². The summed E-state index contributed by atoms with van der Waals surface area (Å²) < 4.78 is 16.4. The fourth-order valence-electron chi connectivity index (χ4n) is 3.78. The van der Waals surface area contributed by atoms with Gasteiger partial charge < -0.3 is 24.4 Å². The lowest BCUT2D eigenvalue weighted by Crippen LogP contribution is -2.49. The summed E-state index contributed by atoms with van der Waals surface area (Å²) in [7, 11) is 1.62. The molecule has 2 aromatic rings. The van der Waals surface area contributed by atoms with Crippen molar-refractivity contribution >= 4 is 11.8 Å². The summed E-state index contributed by atoms with van der Waals surface area (Å²) in [5.74, 6) is 2.01. The highest BCUT2D eigenvalue weighted by Gasteiger charge is 2.28. The Hall–Kier alpha value is -3.22. The van der Waals surface area contributed by atoms with Gasteiger partial charge in [-0.25, -0.2) is 0 Å². The van der Waals surface area contributed by atoms with E-state index in [1.165, 1.54) is 0 Å². The van der Waals surface area contributed by atoms with Gasteiger partial charge in [0.1, 0.15) is 25.0 Å². The van der Waals surface area contributed by atoms with Crippen molar-refractivity contribution in [2.45, 2.75) is 45.7 Å². The van der Waals surface area contributed by atoms with E-state index in [0.717, 1.165) is 22.6 Å². The average Bonchev–Trinajstić information content (AvgIpc) is 2.82. The Morgan fingerprint density at radius 1 is 1.03 bits per heavy atom. The number of benzene rings is 2. The Bertz CT molecular complexity index is 913. The van der Waals surface area contributed by atoms with Crippen molar-refractivity contribution in [3.05, 3.63) is 53.6 Å². The first-order valence-corrected chi connectivity index (χ1v) is 11.1. The number of rotatable bonds is 10. The van der Waals surface area contributed by atoms with Crippen molar-refractivity contribution in [3.63, 3.8) is 0 Å². The second-order valence-corrected chi connectivity index (χ2v) is 7.67. The van der Waals surface area contributed by atoms with Crippen LogP contribution in [0.1, 0.15) is 37.8 Å². The van der Waals surface area contributed by atoms with Crippen LogP contribution in [0, 0.1) is 0 Å². The van der Waals surface area contributed by atoms with E-state index in [1.54, 1.807) is 12.0 Å². The van der Waals surface area contributed by atoms with Crippen molar-refractivity contribution in [1.29, 1.82) is 0 Å². The second-order valence-electron chi connectivity index (χ2n) is 7.67. The van der Waals surface area contributed by atoms with Crippen LogP contribution < -0.4 is 19.5 Å². The summed E-state index contributed by atoms with van der Waals surface area (Å²) in [6.07, 6.45) is 1.39. The Morgan fingerprint density at radius 3 is 2.38 bits per heavy atom. The van der Waals surface area contributed by atoms with Gasteiger partial charge in [-0.3, -0.25) is 9.59 Å². The molecule has 1 aliphatic heterocycles. The zero-order chi connectivity index (χ0) is 22.9. The van der Waals surface area contributed by atoms with Gasteiger partial charge in [0.05, 0.1) is 7.11 Å².